The molecule has 0 bridgehead atoms. The third-order valence-corrected chi connectivity index (χ3v) is 10.1. The number of ether oxygens (including phenoxy) is 1. The van der Waals surface area contributed by atoms with Crippen LogP contribution in [0.2, 0.25) is 0 Å². The van der Waals surface area contributed by atoms with Crippen LogP contribution in [0.15, 0.2) is 23.8 Å². The summed E-state index contributed by atoms with van der Waals surface area (Å²) in [6, 6.07) is 0. The van der Waals surface area contributed by atoms with Crippen molar-refractivity contribution in [3.63, 3.8) is 0 Å². The van der Waals surface area contributed by atoms with Crippen LogP contribution in [0.5, 0.6) is 0 Å². The van der Waals surface area contributed by atoms with E-state index in [1.165, 1.54) is 0 Å². The standard InChI is InChI=1S/C25H34O9S.Na.H/c1-14-10-16-17-5-8-25(30,20(28)13-34-21(29)6-9-35(31,32)33)24(17,3)12-19(27)22(16)23(2)7-4-15(26)11-18(14)23;;/h4,7,11,14,16-17,19,22,27,30H,5-6,8-10,12-13H2,1-3H3,(H,31,32,33);;/t14?,16-,17-,19?,22+,23-,24-,25-;;/m0../s1. The second kappa shape index (κ2) is 10.0. The molecule has 0 saturated heterocycles. The van der Waals surface area contributed by atoms with E-state index in [2.05, 4.69) is 13.8 Å². The van der Waals surface area contributed by atoms with Gasteiger partial charge in [0.05, 0.1) is 18.3 Å². The molecule has 36 heavy (non-hydrogen) atoms. The Morgan fingerprint density at radius 1 is 1.25 bits per heavy atom. The minimum absolute atomic E-state index is 0. The Hall–Kier alpha value is -0.880. The number of aliphatic hydroxyl groups is 2. The van der Waals surface area contributed by atoms with Gasteiger partial charge in [-0.05, 0) is 55.6 Å². The molecule has 3 saturated carbocycles. The molecule has 0 amide bonds. The van der Waals surface area contributed by atoms with Crippen LogP contribution in [0.3, 0.4) is 0 Å². The van der Waals surface area contributed by atoms with Gasteiger partial charge in [-0.15, -0.1) is 0 Å². The fourth-order valence-corrected chi connectivity index (χ4v) is 8.19. The summed E-state index contributed by atoms with van der Waals surface area (Å²) in [5.74, 6) is -2.56. The van der Waals surface area contributed by atoms with Crippen LogP contribution in [-0.4, -0.2) is 94.3 Å². The zero-order chi connectivity index (χ0) is 26.0. The van der Waals surface area contributed by atoms with E-state index in [1.807, 2.05) is 13.0 Å². The van der Waals surface area contributed by atoms with Crippen molar-refractivity contribution in [3.05, 3.63) is 23.8 Å². The molecule has 0 spiro atoms. The van der Waals surface area contributed by atoms with Crippen molar-refractivity contribution in [2.45, 2.75) is 64.6 Å². The van der Waals surface area contributed by atoms with Crippen molar-refractivity contribution in [2.75, 3.05) is 12.4 Å². The summed E-state index contributed by atoms with van der Waals surface area (Å²) in [5.41, 5.74) is -2.19. The second-order valence-electron chi connectivity index (χ2n) is 11.3. The zero-order valence-electron chi connectivity index (χ0n) is 20.3. The first-order valence-electron chi connectivity index (χ1n) is 12.1. The third-order valence-electron chi connectivity index (χ3n) is 9.36. The Morgan fingerprint density at radius 2 is 1.92 bits per heavy atom. The first kappa shape index (κ1) is 29.7. The maximum absolute atomic E-state index is 13.2. The Balaban J connectivity index is 0.00000361. The molecule has 4 rings (SSSR count). The number of hydrogen-bond donors (Lipinski definition) is 3. The molecule has 0 radical (unpaired) electrons. The van der Waals surface area contributed by atoms with Gasteiger partial charge in [-0.1, -0.05) is 32.4 Å². The molecule has 0 aliphatic heterocycles. The minimum atomic E-state index is -4.34. The molecule has 2 unspecified atom stereocenters. The number of hydrogen-bond acceptors (Lipinski definition) is 8. The van der Waals surface area contributed by atoms with Crippen molar-refractivity contribution in [3.8, 4) is 0 Å². The number of Topliss-reactive ketones (excluding diaryl/α,β-unsaturated/α-hetero) is 1. The van der Waals surface area contributed by atoms with E-state index >= 15 is 0 Å². The molecule has 0 aromatic carbocycles. The van der Waals surface area contributed by atoms with Crippen LogP contribution in [0, 0.1) is 34.5 Å². The van der Waals surface area contributed by atoms with E-state index in [-0.39, 0.29) is 71.9 Å². The van der Waals surface area contributed by atoms with Gasteiger partial charge in [-0.3, -0.25) is 18.9 Å². The van der Waals surface area contributed by atoms with Gasteiger partial charge in [0, 0.05) is 16.7 Å². The molecular weight excluding hydrogens is 499 g/mol. The quantitative estimate of drug-likeness (QED) is 0.257. The van der Waals surface area contributed by atoms with Gasteiger partial charge in [0.25, 0.3) is 10.1 Å². The molecule has 0 aromatic rings. The van der Waals surface area contributed by atoms with Gasteiger partial charge in [-0.25, -0.2) is 0 Å². The Morgan fingerprint density at radius 3 is 2.56 bits per heavy atom. The van der Waals surface area contributed by atoms with Crippen molar-refractivity contribution < 1.29 is 42.3 Å². The first-order chi connectivity index (χ1) is 16.1. The zero-order valence-corrected chi connectivity index (χ0v) is 21.1. The fraction of sp³-hybridized carbons (Fsp3) is 0.720. The number of ketones is 2. The Kier molecular flexibility index (Phi) is 8.26. The summed E-state index contributed by atoms with van der Waals surface area (Å²) in [4.78, 5) is 37.1. The molecular formula is C25H35NaO9S. The fourth-order valence-electron chi connectivity index (χ4n) is 7.76. The van der Waals surface area contributed by atoms with Gasteiger partial charge in [0.1, 0.15) is 5.60 Å². The van der Waals surface area contributed by atoms with Crippen LogP contribution in [0.25, 0.3) is 0 Å². The van der Waals surface area contributed by atoms with Crippen molar-refractivity contribution >= 4 is 57.2 Å². The molecule has 3 fully saturated rings. The first-order valence-corrected chi connectivity index (χ1v) is 13.7. The molecule has 9 nitrogen and oxygen atoms in total. The van der Waals surface area contributed by atoms with E-state index < -0.39 is 63.2 Å². The van der Waals surface area contributed by atoms with Gasteiger partial charge >= 0.3 is 35.5 Å². The average Bonchev–Trinajstić information content (AvgIpc) is 3.02. The molecule has 0 heterocycles. The maximum atomic E-state index is 13.2. The van der Waals surface area contributed by atoms with E-state index in [9.17, 15) is 33.0 Å². The van der Waals surface area contributed by atoms with E-state index in [1.54, 1.807) is 12.2 Å². The van der Waals surface area contributed by atoms with Crippen LogP contribution >= 0.6 is 0 Å². The van der Waals surface area contributed by atoms with Gasteiger partial charge in [-0.2, -0.15) is 8.42 Å². The SMILES string of the molecule is CC1C[C@@H]2[C@H](C(O)C[C@@]3(C)[C@H]2CC[C@]3(O)C(=O)COC(=O)CCS(=O)(=O)O)[C@@]2(C)C=CC(=O)C=C12.[NaH]. The summed E-state index contributed by atoms with van der Waals surface area (Å²) in [5, 5.41) is 23.1. The van der Waals surface area contributed by atoms with Gasteiger partial charge < -0.3 is 14.9 Å². The van der Waals surface area contributed by atoms with Crippen LogP contribution < -0.4 is 0 Å². The number of carbonyl (C=O) groups excluding carboxylic acids is 3. The normalized spacial score (nSPS) is 41.3. The van der Waals surface area contributed by atoms with Crippen LogP contribution in [0.1, 0.15) is 52.9 Å². The Bertz CT molecular complexity index is 1110. The summed E-state index contributed by atoms with van der Waals surface area (Å²) in [6.07, 6.45) is 5.42. The summed E-state index contributed by atoms with van der Waals surface area (Å²) >= 11 is 0. The number of rotatable bonds is 6. The summed E-state index contributed by atoms with van der Waals surface area (Å²) in [6.45, 7) is 5.24. The molecule has 4 aliphatic carbocycles. The monoisotopic (exact) mass is 534 g/mol. The third kappa shape index (κ3) is 4.83. The summed E-state index contributed by atoms with van der Waals surface area (Å²) < 4.78 is 35.3. The topological polar surface area (TPSA) is 155 Å². The number of esters is 1. The van der Waals surface area contributed by atoms with E-state index in [0.717, 1.165) is 12.0 Å². The van der Waals surface area contributed by atoms with Gasteiger partial charge in [0.15, 0.2) is 12.4 Å². The predicted molar refractivity (Wildman–Crippen MR) is 132 cm³/mol. The molecule has 196 valence electrons. The molecule has 8 atom stereocenters. The predicted octanol–water partition coefficient (Wildman–Crippen LogP) is 0.984. The van der Waals surface area contributed by atoms with E-state index in [0.29, 0.717) is 6.42 Å². The second-order valence-corrected chi connectivity index (χ2v) is 12.8. The number of fused-ring (bicyclic) bond motifs is 5. The van der Waals surface area contributed by atoms with Crippen molar-refractivity contribution in [1.29, 1.82) is 0 Å². The molecule has 4 aliphatic rings. The van der Waals surface area contributed by atoms with Gasteiger partial charge in [0.2, 0.25) is 5.78 Å². The van der Waals surface area contributed by atoms with Crippen molar-refractivity contribution in [2.24, 2.45) is 34.5 Å². The van der Waals surface area contributed by atoms with Crippen LogP contribution in [0.4, 0.5) is 0 Å². The number of carbonyl (C=O) groups is 3. The van der Waals surface area contributed by atoms with E-state index in [4.69, 9.17) is 9.29 Å². The average molecular weight is 535 g/mol. The molecule has 11 heteroatoms. The summed E-state index contributed by atoms with van der Waals surface area (Å²) in [7, 11) is -4.34. The van der Waals surface area contributed by atoms with Crippen molar-refractivity contribution in [1.82, 2.24) is 0 Å². The number of aliphatic hydroxyl groups excluding tert-OH is 1. The number of allylic oxidation sites excluding steroid dienone is 4. The molecule has 3 N–H and O–H groups in total. The van der Waals surface area contributed by atoms with Crippen LogP contribution in [-0.2, 0) is 29.2 Å². The molecule has 0 aromatic heterocycles. The Labute approximate surface area is 233 Å².